The Morgan fingerprint density at radius 2 is 1.64 bits per heavy atom. The average Bonchev–Trinajstić information content (AvgIpc) is 3.15. The van der Waals surface area contributed by atoms with E-state index in [-0.39, 0.29) is 30.5 Å². The van der Waals surface area contributed by atoms with E-state index in [0.29, 0.717) is 0 Å². The molecule has 2 amide bonds. The van der Waals surface area contributed by atoms with Crippen LogP contribution >= 0.6 is 0 Å². The van der Waals surface area contributed by atoms with E-state index in [1.165, 1.54) is 12.3 Å². The van der Waals surface area contributed by atoms with Crippen LogP contribution in [0.4, 0.5) is 10.5 Å². The van der Waals surface area contributed by atoms with Gasteiger partial charge in [0.2, 0.25) is 0 Å². The molecule has 1 heterocycles. The van der Waals surface area contributed by atoms with Gasteiger partial charge in [-0.1, -0.05) is 48.5 Å². The van der Waals surface area contributed by atoms with Gasteiger partial charge in [-0.15, -0.1) is 0 Å². The molecule has 1 aromatic heterocycles. The fourth-order valence-corrected chi connectivity index (χ4v) is 4.06. The minimum absolute atomic E-state index is 0.0471. The third-order valence-corrected chi connectivity index (χ3v) is 5.59. The lowest BCUT2D eigenvalue weighted by Gasteiger charge is -2.20. The molecule has 0 bridgehead atoms. The number of likely N-dealkylation sites (N-methyl/N-ethyl adjacent to an activating group) is 1. The van der Waals surface area contributed by atoms with Crippen molar-refractivity contribution >= 4 is 23.7 Å². The van der Waals surface area contributed by atoms with Crippen LogP contribution in [0.5, 0.6) is 0 Å². The summed E-state index contributed by atoms with van der Waals surface area (Å²) in [5, 5.41) is 11.6. The summed E-state index contributed by atoms with van der Waals surface area (Å²) in [5.41, 5.74) is 4.55. The Bertz CT molecular complexity index is 1160. The number of rotatable bonds is 7. The second kappa shape index (κ2) is 9.52. The minimum atomic E-state index is -1.13. The normalized spacial score (nSPS) is 11.9. The zero-order valence-corrected chi connectivity index (χ0v) is 18.0. The van der Waals surface area contributed by atoms with Gasteiger partial charge in [0.25, 0.3) is 5.91 Å². The first-order valence-corrected chi connectivity index (χ1v) is 10.6. The Kier molecular flexibility index (Phi) is 6.35. The highest BCUT2D eigenvalue weighted by molar-refractivity contribution is 6.01. The molecule has 0 saturated carbocycles. The molecule has 8 nitrogen and oxygen atoms in total. The molecule has 0 aliphatic heterocycles. The number of aliphatic carboxylic acids is 1. The number of aromatic nitrogens is 1. The fourth-order valence-electron chi connectivity index (χ4n) is 4.06. The lowest BCUT2D eigenvalue weighted by molar-refractivity contribution is -0.137. The molecule has 8 heteroatoms. The number of carbonyl (C=O) groups excluding carboxylic acids is 2. The fraction of sp³-hybridized carbons (Fsp3) is 0.200. The largest absolute Gasteiger partial charge is 0.480 e. The van der Waals surface area contributed by atoms with Crippen LogP contribution in [0.3, 0.4) is 0 Å². The van der Waals surface area contributed by atoms with Crippen LogP contribution in [0, 0.1) is 0 Å². The summed E-state index contributed by atoms with van der Waals surface area (Å²) in [4.78, 5) is 41.6. The summed E-state index contributed by atoms with van der Waals surface area (Å²) in [6, 6.07) is 19.1. The van der Waals surface area contributed by atoms with Crippen LogP contribution in [0.15, 0.2) is 66.9 Å². The van der Waals surface area contributed by atoms with Gasteiger partial charge in [-0.2, -0.15) is 0 Å². The molecule has 0 saturated heterocycles. The van der Waals surface area contributed by atoms with E-state index >= 15 is 0 Å². The standard InChI is InChI=1S/C25H23N3O5/c1-2-28(14-22(29)30)24(31)23-21(12-7-13-26-23)27-25(32)33-15-20-18-10-5-3-8-16(18)17-9-4-6-11-19(17)20/h3-13,20H,2,14-15H2,1H3,(H,27,32)(H,29,30). The quantitative estimate of drug-likeness (QED) is 0.569. The molecular weight excluding hydrogens is 422 g/mol. The number of benzene rings is 2. The highest BCUT2D eigenvalue weighted by Crippen LogP contribution is 2.44. The van der Waals surface area contributed by atoms with Crippen molar-refractivity contribution < 1.29 is 24.2 Å². The lowest BCUT2D eigenvalue weighted by Crippen LogP contribution is -2.36. The van der Waals surface area contributed by atoms with Crippen molar-refractivity contribution in [2.24, 2.45) is 0 Å². The average molecular weight is 445 g/mol. The van der Waals surface area contributed by atoms with Crippen LogP contribution in [0.1, 0.15) is 34.5 Å². The molecule has 0 radical (unpaired) electrons. The maximum Gasteiger partial charge on any atom is 0.411 e. The summed E-state index contributed by atoms with van der Waals surface area (Å²) in [7, 11) is 0. The number of carbonyl (C=O) groups is 3. The highest BCUT2D eigenvalue weighted by atomic mass is 16.5. The molecule has 0 atom stereocenters. The first kappa shape index (κ1) is 22.0. The van der Waals surface area contributed by atoms with Crippen molar-refractivity contribution in [3.05, 3.63) is 83.7 Å². The van der Waals surface area contributed by atoms with Gasteiger partial charge in [0.15, 0.2) is 5.69 Å². The van der Waals surface area contributed by atoms with E-state index in [0.717, 1.165) is 27.2 Å². The van der Waals surface area contributed by atoms with Gasteiger partial charge < -0.3 is 14.7 Å². The van der Waals surface area contributed by atoms with Gasteiger partial charge in [0.1, 0.15) is 13.2 Å². The summed E-state index contributed by atoms with van der Waals surface area (Å²) in [6.07, 6.45) is 0.685. The molecular formula is C25H23N3O5. The predicted octanol–water partition coefficient (Wildman–Crippen LogP) is 3.99. The number of hydrogen-bond donors (Lipinski definition) is 2. The Hall–Kier alpha value is -4.20. The predicted molar refractivity (Wildman–Crippen MR) is 122 cm³/mol. The summed E-state index contributed by atoms with van der Waals surface area (Å²) in [6.45, 7) is 1.52. The molecule has 33 heavy (non-hydrogen) atoms. The number of nitrogens with zero attached hydrogens (tertiary/aromatic N) is 2. The molecule has 3 aromatic rings. The van der Waals surface area contributed by atoms with E-state index in [9.17, 15) is 14.4 Å². The molecule has 2 N–H and O–H groups in total. The van der Waals surface area contributed by atoms with E-state index < -0.39 is 24.5 Å². The Morgan fingerprint density at radius 3 is 2.24 bits per heavy atom. The van der Waals surface area contributed by atoms with Crippen molar-refractivity contribution in [3.8, 4) is 11.1 Å². The number of anilines is 1. The van der Waals surface area contributed by atoms with Crippen LogP contribution in [0.25, 0.3) is 11.1 Å². The number of nitrogens with one attached hydrogen (secondary N) is 1. The summed E-state index contributed by atoms with van der Waals surface area (Å²) >= 11 is 0. The van der Waals surface area contributed by atoms with Gasteiger partial charge in [0.05, 0.1) is 5.69 Å². The second-order valence-electron chi connectivity index (χ2n) is 7.56. The van der Waals surface area contributed by atoms with Crippen molar-refractivity contribution in [2.45, 2.75) is 12.8 Å². The zero-order valence-electron chi connectivity index (χ0n) is 18.0. The van der Waals surface area contributed by atoms with Crippen molar-refractivity contribution in [3.63, 3.8) is 0 Å². The molecule has 4 rings (SSSR count). The van der Waals surface area contributed by atoms with E-state index in [2.05, 4.69) is 22.4 Å². The first-order chi connectivity index (χ1) is 16.0. The van der Waals surface area contributed by atoms with E-state index in [1.54, 1.807) is 13.0 Å². The Balaban J connectivity index is 1.48. The molecule has 0 fully saturated rings. The zero-order chi connectivity index (χ0) is 23.4. The van der Waals surface area contributed by atoms with Gasteiger partial charge in [-0.3, -0.25) is 14.9 Å². The third-order valence-electron chi connectivity index (χ3n) is 5.59. The summed E-state index contributed by atoms with van der Waals surface area (Å²) in [5.74, 6) is -1.81. The van der Waals surface area contributed by atoms with Crippen molar-refractivity contribution in [1.29, 1.82) is 0 Å². The van der Waals surface area contributed by atoms with Crippen LogP contribution in [-0.4, -0.2) is 52.7 Å². The number of hydrogen-bond acceptors (Lipinski definition) is 5. The first-order valence-electron chi connectivity index (χ1n) is 10.6. The van der Waals surface area contributed by atoms with Crippen molar-refractivity contribution in [2.75, 3.05) is 25.0 Å². The second-order valence-corrected chi connectivity index (χ2v) is 7.56. The Morgan fingerprint density at radius 1 is 1.00 bits per heavy atom. The topological polar surface area (TPSA) is 109 Å². The van der Waals surface area contributed by atoms with Gasteiger partial charge in [-0.25, -0.2) is 9.78 Å². The highest BCUT2D eigenvalue weighted by Gasteiger charge is 2.29. The number of pyridine rings is 1. The summed E-state index contributed by atoms with van der Waals surface area (Å²) < 4.78 is 5.53. The lowest BCUT2D eigenvalue weighted by atomic mass is 9.98. The molecule has 1 aliphatic rings. The van der Waals surface area contributed by atoms with Crippen LogP contribution in [0.2, 0.25) is 0 Å². The van der Waals surface area contributed by atoms with E-state index in [4.69, 9.17) is 9.84 Å². The molecule has 1 aliphatic carbocycles. The number of carboxylic acid groups (broad SMARTS) is 1. The number of ether oxygens (including phenoxy) is 1. The Labute approximate surface area is 190 Å². The maximum atomic E-state index is 12.8. The SMILES string of the molecule is CCN(CC(=O)O)C(=O)c1ncccc1NC(=O)OCC1c2ccccc2-c2ccccc21. The molecule has 0 spiro atoms. The molecule has 0 unspecified atom stereocenters. The van der Waals surface area contributed by atoms with Gasteiger partial charge >= 0.3 is 12.1 Å². The van der Waals surface area contributed by atoms with Gasteiger partial charge in [-0.05, 0) is 41.3 Å². The van der Waals surface area contributed by atoms with Crippen molar-refractivity contribution in [1.82, 2.24) is 9.88 Å². The number of amides is 2. The van der Waals surface area contributed by atoms with E-state index in [1.807, 2.05) is 36.4 Å². The number of carboxylic acids is 1. The third kappa shape index (κ3) is 4.55. The minimum Gasteiger partial charge on any atom is -0.480 e. The van der Waals surface area contributed by atoms with Gasteiger partial charge in [0, 0.05) is 18.7 Å². The van der Waals surface area contributed by atoms with Crippen LogP contribution in [-0.2, 0) is 9.53 Å². The maximum absolute atomic E-state index is 12.8. The number of fused-ring (bicyclic) bond motifs is 3. The molecule has 168 valence electrons. The monoisotopic (exact) mass is 445 g/mol. The van der Waals surface area contributed by atoms with Crippen LogP contribution < -0.4 is 5.32 Å². The molecule has 2 aromatic carbocycles. The smallest absolute Gasteiger partial charge is 0.411 e.